The van der Waals surface area contributed by atoms with E-state index in [1.165, 1.54) is 13.2 Å². The number of methoxy groups -OCH3 is 1. The summed E-state index contributed by atoms with van der Waals surface area (Å²) in [5.41, 5.74) is 6.14. The fourth-order valence-corrected chi connectivity index (χ4v) is 1.91. The second-order valence-corrected chi connectivity index (χ2v) is 4.63. The molecule has 0 aromatic heterocycles. The summed E-state index contributed by atoms with van der Waals surface area (Å²) in [6, 6.07) is 1.38. The summed E-state index contributed by atoms with van der Waals surface area (Å²) < 4.78 is 31.5. The number of ether oxygens (including phenoxy) is 1. The lowest BCUT2D eigenvalue weighted by Gasteiger charge is -2.14. The molecular weight excluding hydrogens is 236 g/mol. The van der Waals surface area contributed by atoms with Gasteiger partial charge in [0.1, 0.15) is 0 Å². The van der Waals surface area contributed by atoms with Crippen LogP contribution in [0.5, 0.6) is 5.75 Å². The van der Waals surface area contributed by atoms with E-state index < -0.39 is 11.6 Å². The number of nitrogens with two attached hydrogens (primary N) is 1. The van der Waals surface area contributed by atoms with E-state index in [0.717, 1.165) is 12.8 Å². The first-order valence-corrected chi connectivity index (χ1v) is 5.34. The van der Waals surface area contributed by atoms with Gasteiger partial charge in [-0.25, -0.2) is 4.39 Å². The predicted octanol–water partition coefficient (Wildman–Crippen LogP) is 2.66. The molecule has 2 nitrogen and oxygen atoms in total. The molecule has 0 spiro atoms. The zero-order valence-corrected chi connectivity index (χ0v) is 9.57. The van der Waals surface area contributed by atoms with Gasteiger partial charge in [0.2, 0.25) is 5.82 Å². The van der Waals surface area contributed by atoms with Gasteiger partial charge in [0.15, 0.2) is 11.6 Å². The molecule has 1 saturated carbocycles. The molecule has 0 bridgehead atoms. The summed E-state index contributed by atoms with van der Waals surface area (Å²) in [5, 5.41) is -0.238. The van der Waals surface area contributed by atoms with E-state index in [-0.39, 0.29) is 16.3 Å². The first kappa shape index (κ1) is 11.6. The molecule has 16 heavy (non-hydrogen) atoms. The van der Waals surface area contributed by atoms with Crippen molar-refractivity contribution in [1.82, 2.24) is 0 Å². The van der Waals surface area contributed by atoms with Crippen molar-refractivity contribution in [1.29, 1.82) is 0 Å². The standard InChI is InChI=1S/C11H12ClF2NO/c1-16-10-6(5-11(15)2-3-11)4-7(12)8(13)9(10)14/h4H,2-3,5,15H2,1H3. The van der Waals surface area contributed by atoms with Gasteiger partial charge in [-0.1, -0.05) is 11.6 Å². The minimum atomic E-state index is -1.08. The van der Waals surface area contributed by atoms with Crippen molar-refractivity contribution < 1.29 is 13.5 Å². The average Bonchev–Trinajstić information content (AvgIpc) is 2.93. The van der Waals surface area contributed by atoms with Gasteiger partial charge in [0, 0.05) is 11.1 Å². The third-order valence-electron chi connectivity index (χ3n) is 2.83. The van der Waals surface area contributed by atoms with Crippen molar-refractivity contribution >= 4 is 11.6 Å². The molecule has 1 aliphatic carbocycles. The van der Waals surface area contributed by atoms with Gasteiger partial charge >= 0.3 is 0 Å². The summed E-state index contributed by atoms with van der Waals surface area (Å²) in [6.07, 6.45) is 2.21. The van der Waals surface area contributed by atoms with Crippen LogP contribution >= 0.6 is 11.6 Å². The molecule has 2 N–H and O–H groups in total. The smallest absolute Gasteiger partial charge is 0.202 e. The van der Waals surface area contributed by atoms with Gasteiger partial charge in [0.05, 0.1) is 12.1 Å². The number of hydrogen-bond acceptors (Lipinski definition) is 2. The maximum Gasteiger partial charge on any atom is 0.202 e. The van der Waals surface area contributed by atoms with Gasteiger partial charge in [-0.15, -0.1) is 0 Å². The van der Waals surface area contributed by atoms with Gasteiger partial charge in [-0.2, -0.15) is 4.39 Å². The van der Waals surface area contributed by atoms with E-state index >= 15 is 0 Å². The van der Waals surface area contributed by atoms with Crippen LogP contribution < -0.4 is 10.5 Å². The highest BCUT2D eigenvalue weighted by Gasteiger charge is 2.39. The first-order valence-electron chi connectivity index (χ1n) is 4.96. The Kier molecular flexibility index (Phi) is 2.80. The Morgan fingerprint density at radius 2 is 2.06 bits per heavy atom. The summed E-state index contributed by atoms with van der Waals surface area (Å²) >= 11 is 5.59. The normalized spacial score (nSPS) is 17.3. The summed E-state index contributed by atoms with van der Waals surface area (Å²) in [4.78, 5) is 0. The van der Waals surface area contributed by atoms with Gasteiger partial charge in [0.25, 0.3) is 0 Å². The van der Waals surface area contributed by atoms with Crippen molar-refractivity contribution in [3.8, 4) is 5.75 Å². The second kappa shape index (κ2) is 3.86. The number of benzene rings is 1. The summed E-state index contributed by atoms with van der Waals surface area (Å²) in [7, 11) is 1.30. The van der Waals surface area contributed by atoms with Crippen LogP contribution in [0.2, 0.25) is 5.02 Å². The average molecular weight is 248 g/mol. The quantitative estimate of drug-likeness (QED) is 0.834. The lowest BCUT2D eigenvalue weighted by Crippen LogP contribution is -2.25. The lowest BCUT2D eigenvalue weighted by atomic mass is 10.0. The third-order valence-corrected chi connectivity index (χ3v) is 3.11. The maximum absolute atomic E-state index is 13.5. The predicted molar refractivity (Wildman–Crippen MR) is 57.8 cm³/mol. The van der Waals surface area contributed by atoms with E-state index in [0.29, 0.717) is 12.0 Å². The van der Waals surface area contributed by atoms with Crippen LogP contribution in [-0.4, -0.2) is 12.6 Å². The number of halogens is 3. The van der Waals surface area contributed by atoms with E-state index in [9.17, 15) is 8.78 Å². The number of hydrogen-bond donors (Lipinski definition) is 1. The highest BCUT2D eigenvalue weighted by molar-refractivity contribution is 6.30. The van der Waals surface area contributed by atoms with Crippen LogP contribution in [-0.2, 0) is 6.42 Å². The van der Waals surface area contributed by atoms with Crippen LogP contribution in [0.4, 0.5) is 8.78 Å². The molecule has 0 atom stereocenters. The Morgan fingerprint density at radius 3 is 2.56 bits per heavy atom. The Morgan fingerprint density at radius 1 is 1.44 bits per heavy atom. The van der Waals surface area contributed by atoms with Crippen molar-refractivity contribution in [3.05, 3.63) is 28.3 Å². The maximum atomic E-state index is 13.5. The van der Waals surface area contributed by atoms with Crippen LogP contribution in [0.15, 0.2) is 6.07 Å². The third kappa shape index (κ3) is 1.99. The van der Waals surface area contributed by atoms with Crippen molar-refractivity contribution in [2.24, 2.45) is 5.73 Å². The molecule has 0 radical (unpaired) electrons. The van der Waals surface area contributed by atoms with Crippen LogP contribution in [0.25, 0.3) is 0 Å². The van der Waals surface area contributed by atoms with E-state index in [1.807, 2.05) is 0 Å². The Bertz CT molecular complexity index is 432. The second-order valence-electron chi connectivity index (χ2n) is 4.22. The Balaban J connectivity index is 2.43. The van der Waals surface area contributed by atoms with Gasteiger partial charge in [-0.3, -0.25) is 0 Å². The molecule has 0 saturated heterocycles. The van der Waals surface area contributed by atoms with E-state index in [4.69, 9.17) is 22.1 Å². The number of rotatable bonds is 3. The van der Waals surface area contributed by atoms with E-state index in [2.05, 4.69) is 0 Å². The van der Waals surface area contributed by atoms with Crippen molar-refractivity contribution in [3.63, 3.8) is 0 Å². The highest BCUT2D eigenvalue weighted by atomic mass is 35.5. The summed E-state index contributed by atoms with van der Waals surface area (Å²) in [6.45, 7) is 0. The van der Waals surface area contributed by atoms with Crippen LogP contribution in [0.1, 0.15) is 18.4 Å². The van der Waals surface area contributed by atoms with Gasteiger partial charge in [-0.05, 0) is 25.3 Å². The molecule has 88 valence electrons. The largest absolute Gasteiger partial charge is 0.493 e. The first-order chi connectivity index (χ1) is 7.47. The fourth-order valence-electron chi connectivity index (χ4n) is 1.70. The lowest BCUT2D eigenvalue weighted by molar-refractivity contribution is 0.365. The van der Waals surface area contributed by atoms with Crippen LogP contribution in [0, 0.1) is 11.6 Å². The molecule has 2 rings (SSSR count). The zero-order chi connectivity index (χ0) is 11.9. The van der Waals surface area contributed by atoms with Gasteiger partial charge < -0.3 is 10.5 Å². The molecule has 0 aliphatic heterocycles. The molecule has 1 fully saturated rings. The SMILES string of the molecule is COc1c(CC2(N)CC2)cc(Cl)c(F)c1F. The molecule has 1 aromatic rings. The minimum absolute atomic E-state index is 0.0985. The molecule has 0 amide bonds. The topological polar surface area (TPSA) is 35.2 Å². The Labute approximate surface area is 97.3 Å². The highest BCUT2D eigenvalue weighted by Crippen LogP contribution is 2.40. The van der Waals surface area contributed by atoms with Crippen LogP contribution in [0.3, 0.4) is 0 Å². The zero-order valence-electron chi connectivity index (χ0n) is 8.82. The van der Waals surface area contributed by atoms with E-state index in [1.54, 1.807) is 0 Å². The molecule has 0 unspecified atom stereocenters. The molecule has 5 heteroatoms. The molecule has 1 aliphatic rings. The Hall–Kier alpha value is -0.870. The van der Waals surface area contributed by atoms with Crippen molar-refractivity contribution in [2.45, 2.75) is 24.8 Å². The summed E-state index contributed by atoms with van der Waals surface area (Å²) in [5.74, 6) is -2.22. The molecule has 0 heterocycles. The molecular formula is C11H12ClF2NO. The monoisotopic (exact) mass is 247 g/mol. The fraction of sp³-hybridized carbons (Fsp3) is 0.455. The van der Waals surface area contributed by atoms with Crippen molar-refractivity contribution in [2.75, 3.05) is 7.11 Å². The minimum Gasteiger partial charge on any atom is -0.493 e. The molecule has 1 aromatic carbocycles.